The van der Waals surface area contributed by atoms with Crippen molar-refractivity contribution in [2.45, 2.75) is 26.8 Å². The first kappa shape index (κ1) is 10.0. The van der Waals surface area contributed by atoms with Gasteiger partial charge in [-0.05, 0) is 6.92 Å². The Morgan fingerprint density at radius 3 is 2.09 bits per heavy atom. The Hall–Kier alpha value is -0.990. The number of likely N-dealkylation sites (N-methyl/N-ethyl adjacent to an activating group) is 1. The summed E-state index contributed by atoms with van der Waals surface area (Å²) in [4.78, 5) is 12.6. The van der Waals surface area contributed by atoms with Gasteiger partial charge >= 0.3 is 0 Å². The highest BCUT2D eigenvalue weighted by Gasteiger charge is 2.26. The van der Waals surface area contributed by atoms with E-state index in [1.54, 1.807) is 0 Å². The second-order valence-electron chi connectivity index (χ2n) is 2.22. The standard InChI is InChI=1S/C6H10N2O.C2H6/c1-4-6(9)7-5(2)8(4)3;1-2/h4H,2H2,1,3H3,(H,7,9);1-2H3/t4-;/m1./s1. The minimum atomic E-state index is -0.0579. The van der Waals surface area contributed by atoms with Gasteiger partial charge in [-0.2, -0.15) is 0 Å². The molecule has 1 aliphatic heterocycles. The Morgan fingerprint density at radius 1 is 1.55 bits per heavy atom. The lowest BCUT2D eigenvalue weighted by Gasteiger charge is -2.13. The van der Waals surface area contributed by atoms with Crippen LogP contribution in [0.4, 0.5) is 0 Å². The second-order valence-corrected chi connectivity index (χ2v) is 2.22. The van der Waals surface area contributed by atoms with Crippen LogP contribution >= 0.6 is 0 Å². The Balaban J connectivity index is 0.000000461. The summed E-state index contributed by atoms with van der Waals surface area (Å²) in [5, 5.41) is 2.61. The molecule has 3 heteroatoms. The van der Waals surface area contributed by atoms with Crippen LogP contribution in [0.1, 0.15) is 20.8 Å². The summed E-state index contributed by atoms with van der Waals surface area (Å²) >= 11 is 0. The lowest BCUT2D eigenvalue weighted by Crippen LogP contribution is -2.25. The Kier molecular flexibility index (Phi) is 3.65. The molecule has 0 radical (unpaired) electrons. The molecular weight excluding hydrogens is 140 g/mol. The van der Waals surface area contributed by atoms with Gasteiger partial charge in [-0.3, -0.25) is 4.79 Å². The number of rotatable bonds is 0. The van der Waals surface area contributed by atoms with Gasteiger partial charge in [-0.15, -0.1) is 0 Å². The molecule has 1 N–H and O–H groups in total. The van der Waals surface area contributed by atoms with Gasteiger partial charge in [0.2, 0.25) is 5.91 Å². The average molecular weight is 156 g/mol. The maximum atomic E-state index is 10.8. The summed E-state index contributed by atoms with van der Waals surface area (Å²) < 4.78 is 0. The molecule has 0 spiro atoms. The van der Waals surface area contributed by atoms with E-state index in [1.807, 2.05) is 32.7 Å². The molecule has 0 unspecified atom stereocenters. The van der Waals surface area contributed by atoms with E-state index in [0.29, 0.717) is 5.82 Å². The Labute approximate surface area is 68.1 Å². The normalized spacial score (nSPS) is 22.5. The topological polar surface area (TPSA) is 32.3 Å². The van der Waals surface area contributed by atoms with Gasteiger partial charge in [-0.25, -0.2) is 0 Å². The number of nitrogens with one attached hydrogen (secondary N) is 1. The van der Waals surface area contributed by atoms with Crippen LogP contribution in [0.5, 0.6) is 0 Å². The molecule has 1 saturated heterocycles. The fraction of sp³-hybridized carbons (Fsp3) is 0.625. The molecule has 64 valence electrons. The van der Waals surface area contributed by atoms with Crippen molar-refractivity contribution in [1.29, 1.82) is 0 Å². The zero-order chi connectivity index (χ0) is 9.02. The van der Waals surface area contributed by atoms with Crippen molar-refractivity contribution in [3.05, 3.63) is 12.4 Å². The van der Waals surface area contributed by atoms with Crippen molar-refractivity contribution < 1.29 is 4.79 Å². The van der Waals surface area contributed by atoms with Crippen molar-refractivity contribution in [1.82, 2.24) is 10.2 Å². The zero-order valence-corrected chi connectivity index (χ0v) is 7.64. The van der Waals surface area contributed by atoms with Crippen molar-refractivity contribution in [2.75, 3.05) is 7.05 Å². The number of nitrogens with zero attached hydrogens (tertiary/aromatic N) is 1. The molecule has 1 amide bonds. The smallest absolute Gasteiger partial charge is 0.247 e. The van der Waals surface area contributed by atoms with E-state index in [9.17, 15) is 4.79 Å². The highest BCUT2D eigenvalue weighted by molar-refractivity contribution is 5.85. The summed E-state index contributed by atoms with van der Waals surface area (Å²) in [6.45, 7) is 9.47. The van der Waals surface area contributed by atoms with Crippen LogP contribution in [-0.2, 0) is 4.79 Å². The first-order valence-electron chi connectivity index (χ1n) is 3.85. The average Bonchev–Trinajstić information content (AvgIpc) is 2.22. The molecule has 0 aromatic rings. The van der Waals surface area contributed by atoms with Gasteiger partial charge in [0.05, 0.1) is 0 Å². The van der Waals surface area contributed by atoms with Crippen molar-refractivity contribution >= 4 is 5.91 Å². The number of hydrogen-bond donors (Lipinski definition) is 1. The number of amides is 1. The molecule has 1 aliphatic rings. The van der Waals surface area contributed by atoms with E-state index < -0.39 is 0 Å². The van der Waals surface area contributed by atoms with Crippen LogP contribution in [0, 0.1) is 0 Å². The number of carbonyl (C=O) groups is 1. The van der Waals surface area contributed by atoms with Crippen LogP contribution in [0.15, 0.2) is 12.4 Å². The maximum absolute atomic E-state index is 10.8. The summed E-state index contributed by atoms with van der Waals surface area (Å²) in [6, 6.07) is -0.0579. The largest absolute Gasteiger partial charge is 0.350 e. The summed E-state index contributed by atoms with van der Waals surface area (Å²) in [6.07, 6.45) is 0. The molecule has 3 nitrogen and oxygen atoms in total. The molecule has 1 atom stereocenters. The van der Waals surface area contributed by atoms with Crippen LogP contribution in [0.25, 0.3) is 0 Å². The third-order valence-corrected chi connectivity index (χ3v) is 1.65. The Morgan fingerprint density at radius 2 is 2.00 bits per heavy atom. The zero-order valence-electron chi connectivity index (χ0n) is 7.64. The molecule has 1 fully saturated rings. The lowest BCUT2D eigenvalue weighted by molar-refractivity contribution is -0.120. The van der Waals surface area contributed by atoms with E-state index >= 15 is 0 Å². The van der Waals surface area contributed by atoms with Gasteiger partial charge < -0.3 is 10.2 Å². The molecule has 11 heavy (non-hydrogen) atoms. The quantitative estimate of drug-likeness (QED) is 0.566. The first-order valence-corrected chi connectivity index (χ1v) is 3.85. The fourth-order valence-electron chi connectivity index (χ4n) is 0.744. The minimum absolute atomic E-state index is 0.0301. The third kappa shape index (κ3) is 1.97. The van der Waals surface area contributed by atoms with Crippen LogP contribution in [0.2, 0.25) is 0 Å². The van der Waals surface area contributed by atoms with Gasteiger partial charge in [-0.1, -0.05) is 20.4 Å². The highest BCUT2D eigenvalue weighted by Crippen LogP contribution is 2.09. The molecule has 0 bridgehead atoms. The molecule has 1 rings (SSSR count). The number of hydrogen-bond acceptors (Lipinski definition) is 2. The van der Waals surface area contributed by atoms with Gasteiger partial charge in [0.15, 0.2) is 0 Å². The van der Waals surface area contributed by atoms with Crippen LogP contribution in [-0.4, -0.2) is 23.9 Å². The van der Waals surface area contributed by atoms with Crippen molar-refractivity contribution in [3.8, 4) is 0 Å². The third-order valence-electron chi connectivity index (χ3n) is 1.65. The molecule has 0 saturated carbocycles. The molecule has 0 aliphatic carbocycles. The second kappa shape index (κ2) is 4.01. The molecule has 1 heterocycles. The molecule has 0 aromatic carbocycles. The fourth-order valence-corrected chi connectivity index (χ4v) is 0.744. The van der Waals surface area contributed by atoms with E-state index in [2.05, 4.69) is 11.9 Å². The summed E-state index contributed by atoms with van der Waals surface area (Å²) in [5.41, 5.74) is 0. The Bertz CT molecular complexity index is 147. The predicted molar refractivity (Wildman–Crippen MR) is 45.9 cm³/mol. The minimum Gasteiger partial charge on any atom is -0.350 e. The lowest BCUT2D eigenvalue weighted by atomic mass is 10.3. The molecular formula is C8H16N2O. The van der Waals surface area contributed by atoms with E-state index in [1.165, 1.54) is 0 Å². The summed E-state index contributed by atoms with van der Waals surface area (Å²) in [7, 11) is 1.84. The number of carbonyl (C=O) groups excluding carboxylic acids is 1. The van der Waals surface area contributed by atoms with E-state index in [4.69, 9.17) is 0 Å². The van der Waals surface area contributed by atoms with Crippen LogP contribution < -0.4 is 5.32 Å². The molecule has 0 aromatic heterocycles. The van der Waals surface area contributed by atoms with Crippen molar-refractivity contribution in [3.63, 3.8) is 0 Å². The SMILES string of the molecule is C=C1NC(=O)[C@@H](C)N1C.CC. The van der Waals surface area contributed by atoms with Gasteiger partial charge in [0.25, 0.3) is 0 Å². The van der Waals surface area contributed by atoms with Gasteiger partial charge in [0, 0.05) is 7.05 Å². The predicted octanol–water partition coefficient (Wildman–Crippen LogP) is 0.934. The van der Waals surface area contributed by atoms with Crippen molar-refractivity contribution in [2.24, 2.45) is 0 Å². The maximum Gasteiger partial charge on any atom is 0.247 e. The van der Waals surface area contributed by atoms with E-state index in [0.717, 1.165) is 0 Å². The van der Waals surface area contributed by atoms with Crippen LogP contribution in [0.3, 0.4) is 0 Å². The monoisotopic (exact) mass is 156 g/mol. The van der Waals surface area contributed by atoms with Gasteiger partial charge in [0.1, 0.15) is 11.9 Å². The first-order chi connectivity index (χ1) is 5.13. The summed E-state index contributed by atoms with van der Waals surface area (Å²) in [5.74, 6) is 0.718. The highest BCUT2D eigenvalue weighted by atomic mass is 16.2. The van der Waals surface area contributed by atoms with E-state index in [-0.39, 0.29) is 11.9 Å².